The van der Waals surface area contributed by atoms with Gasteiger partial charge >= 0.3 is 0 Å². The van der Waals surface area contributed by atoms with Gasteiger partial charge < -0.3 is 10.0 Å². The van der Waals surface area contributed by atoms with Crippen molar-refractivity contribution in [2.45, 2.75) is 18.9 Å². The molecule has 0 fully saturated rings. The van der Waals surface area contributed by atoms with Crippen LogP contribution in [0.15, 0.2) is 30.3 Å². The maximum atomic E-state index is 9.72. The second-order valence-electron chi connectivity index (χ2n) is 3.94. The van der Waals surface area contributed by atoms with E-state index in [9.17, 15) is 5.11 Å². The molecule has 15 heavy (non-hydrogen) atoms. The third-order valence-electron chi connectivity index (χ3n) is 2.22. The lowest BCUT2D eigenvalue weighted by molar-refractivity contribution is 0.152. The first-order valence-electron chi connectivity index (χ1n) is 5.05. The molecule has 1 rings (SSSR count). The fraction of sp³-hybridized carbons (Fsp3) is 0.500. The molecule has 0 saturated heterocycles. The van der Waals surface area contributed by atoms with E-state index >= 15 is 0 Å². The van der Waals surface area contributed by atoms with Gasteiger partial charge in [0.25, 0.3) is 0 Å². The monoisotopic (exact) mass is 229 g/mol. The number of rotatable bonds is 5. The largest absolute Gasteiger partial charge is 0.393 e. The predicted molar refractivity (Wildman–Crippen MR) is 66.6 cm³/mol. The van der Waals surface area contributed by atoms with Crippen LogP contribution < -0.4 is 0 Å². The average Bonchev–Trinajstić information content (AvgIpc) is 2.16. The zero-order chi connectivity index (χ0) is 10.4. The molecule has 1 atom stereocenters. The van der Waals surface area contributed by atoms with Crippen LogP contribution in [0.5, 0.6) is 0 Å². The van der Waals surface area contributed by atoms with E-state index in [1.165, 1.54) is 5.56 Å². The average molecular weight is 230 g/mol. The van der Waals surface area contributed by atoms with Gasteiger partial charge in [0.2, 0.25) is 0 Å². The Bertz CT molecular complexity index is 251. The summed E-state index contributed by atoms with van der Waals surface area (Å²) in [6, 6.07) is 10.1. The topological polar surface area (TPSA) is 23.5 Å². The Morgan fingerprint density at radius 2 is 1.80 bits per heavy atom. The van der Waals surface area contributed by atoms with Crippen LogP contribution in [0.4, 0.5) is 0 Å². The predicted octanol–water partition coefficient (Wildman–Crippen LogP) is 1.96. The Morgan fingerprint density at radius 3 is 2.33 bits per heavy atom. The molecule has 0 spiro atoms. The van der Waals surface area contributed by atoms with Crippen molar-refractivity contribution in [1.82, 2.24) is 4.90 Å². The highest BCUT2D eigenvalue weighted by Gasteiger charge is 2.05. The van der Waals surface area contributed by atoms with Crippen molar-refractivity contribution in [3.05, 3.63) is 35.9 Å². The first kappa shape index (κ1) is 14.4. The second-order valence-corrected chi connectivity index (χ2v) is 3.94. The van der Waals surface area contributed by atoms with E-state index in [0.717, 1.165) is 19.4 Å². The van der Waals surface area contributed by atoms with Crippen molar-refractivity contribution in [1.29, 1.82) is 0 Å². The molecule has 1 N–H and O–H groups in total. The highest BCUT2D eigenvalue weighted by atomic mass is 35.5. The lowest BCUT2D eigenvalue weighted by Gasteiger charge is -2.14. The van der Waals surface area contributed by atoms with Gasteiger partial charge in [0.1, 0.15) is 0 Å². The zero-order valence-corrected chi connectivity index (χ0v) is 10.2. The summed E-state index contributed by atoms with van der Waals surface area (Å²) in [6.45, 7) is 0.938. The summed E-state index contributed by atoms with van der Waals surface area (Å²) in [4.78, 5) is 2.09. The molecule has 0 aliphatic carbocycles. The number of aliphatic hydroxyl groups is 1. The minimum absolute atomic E-state index is 0. The molecule has 0 radical (unpaired) electrons. The number of hydrogen-bond acceptors (Lipinski definition) is 2. The third-order valence-corrected chi connectivity index (χ3v) is 2.22. The van der Waals surface area contributed by atoms with Crippen molar-refractivity contribution in [2.24, 2.45) is 0 Å². The highest BCUT2D eigenvalue weighted by Crippen LogP contribution is 2.05. The van der Waals surface area contributed by atoms with Crippen LogP contribution in [0.2, 0.25) is 0 Å². The molecule has 0 heterocycles. The molecule has 2 nitrogen and oxygen atoms in total. The van der Waals surface area contributed by atoms with Crippen molar-refractivity contribution in [3.8, 4) is 0 Å². The van der Waals surface area contributed by atoms with Crippen molar-refractivity contribution < 1.29 is 5.11 Å². The van der Waals surface area contributed by atoms with Gasteiger partial charge in [0.05, 0.1) is 6.10 Å². The number of nitrogens with zero attached hydrogens (tertiary/aromatic N) is 1. The van der Waals surface area contributed by atoms with Gasteiger partial charge in [-0.1, -0.05) is 30.3 Å². The van der Waals surface area contributed by atoms with Crippen molar-refractivity contribution in [2.75, 3.05) is 20.6 Å². The van der Waals surface area contributed by atoms with Gasteiger partial charge in [-0.2, -0.15) is 0 Å². The van der Waals surface area contributed by atoms with Crippen molar-refractivity contribution in [3.63, 3.8) is 0 Å². The molecule has 1 aromatic carbocycles. The van der Waals surface area contributed by atoms with E-state index in [1.54, 1.807) is 0 Å². The van der Waals surface area contributed by atoms with E-state index in [-0.39, 0.29) is 18.5 Å². The normalized spacial score (nSPS) is 12.3. The molecule has 0 aromatic heterocycles. The van der Waals surface area contributed by atoms with Crippen LogP contribution in [-0.4, -0.2) is 36.8 Å². The number of hydrogen-bond donors (Lipinski definition) is 1. The molecule has 0 aliphatic rings. The molecule has 0 bridgehead atoms. The van der Waals surface area contributed by atoms with Crippen LogP contribution in [0.3, 0.4) is 0 Å². The highest BCUT2D eigenvalue weighted by molar-refractivity contribution is 5.85. The fourth-order valence-electron chi connectivity index (χ4n) is 1.40. The first-order chi connectivity index (χ1) is 6.68. The number of halogens is 1. The van der Waals surface area contributed by atoms with Gasteiger partial charge in [-0.15, -0.1) is 12.4 Å². The Labute approximate surface area is 98.3 Å². The number of benzene rings is 1. The molecule has 0 amide bonds. The van der Waals surface area contributed by atoms with E-state index in [2.05, 4.69) is 17.0 Å². The molecule has 3 heteroatoms. The van der Waals surface area contributed by atoms with E-state index in [4.69, 9.17) is 0 Å². The van der Waals surface area contributed by atoms with E-state index in [0.29, 0.717) is 0 Å². The standard InChI is InChI=1S/C12H19NO.ClH/c1-13(2)9-8-12(14)10-11-6-4-3-5-7-11;/h3-7,12,14H,8-10H2,1-2H3;1H. The molecular weight excluding hydrogens is 210 g/mol. The molecule has 0 saturated carbocycles. The van der Waals surface area contributed by atoms with Crippen LogP contribution in [0, 0.1) is 0 Å². The number of aliphatic hydroxyl groups excluding tert-OH is 1. The summed E-state index contributed by atoms with van der Waals surface area (Å²) < 4.78 is 0. The summed E-state index contributed by atoms with van der Waals surface area (Å²) in [6.07, 6.45) is 1.37. The third kappa shape index (κ3) is 6.50. The molecule has 1 aromatic rings. The van der Waals surface area contributed by atoms with Crippen LogP contribution in [0.1, 0.15) is 12.0 Å². The van der Waals surface area contributed by atoms with Crippen LogP contribution in [0.25, 0.3) is 0 Å². The first-order valence-corrected chi connectivity index (χ1v) is 5.05. The minimum atomic E-state index is -0.222. The van der Waals surface area contributed by atoms with E-state index < -0.39 is 0 Å². The van der Waals surface area contributed by atoms with Gasteiger partial charge in [-0.25, -0.2) is 0 Å². The van der Waals surface area contributed by atoms with Gasteiger partial charge in [-0.05, 0) is 39.0 Å². The molecule has 86 valence electrons. The Balaban J connectivity index is 0.00000196. The SMILES string of the molecule is CN(C)CCC(O)Cc1ccccc1.Cl. The summed E-state index contributed by atoms with van der Waals surface area (Å²) in [5, 5.41) is 9.72. The zero-order valence-electron chi connectivity index (χ0n) is 9.39. The molecule has 0 aliphatic heterocycles. The summed E-state index contributed by atoms with van der Waals surface area (Å²) in [7, 11) is 4.05. The van der Waals surface area contributed by atoms with Crippen LogP contribution >= 0.6 is 12.4 Å². The molecule has 1 unspecified atom stereocenters. The van der Waals surface area contributed by atoms with Crippen LogP contribution in [-0.2, 0) is 6.42 Å². The van der Waals surface area contributed by atoms with E-state index in [1.807, 2.05) is 32.3 Å². The smallest absolute Gasteiger partial charge is 0.0592 e. The lowest BCUT2D eigenvalue weighted by atomic mass is 10.1. The quantitative estimate of drug-likeness (QED) is 0.835. The Hall–Kier alpha value is -0.570. The fourth-order valence-corrected chi connectivity index (χ4v) is 1.40. The van der Waals surface area contributed by atoms with Gasteiger partial charge in [0.15, 0.2) is 0 Å². The summed E-state index contributed by atoms with van der Waals surface area (Å²) in [5.74, 6) is 0. The minimum Gasteiger partial charge on any atom is -0.393 e. The van der Waals surface area contributed by atoms with Gasteiger partial charge in [0, 0.05) is 0 Å². The Morgan fingerprint density at radius 1 is 1.20 bits per heavy atom. The maximum Gasteiger partial charge on any atom is 0.0592 e. The summed E-state index contributed by atoms with van der Waals surface area (Å²) in [5.41, 5.74) is 1.21. The lowest BCUT2D eigenvalue weighted by Crippen LogP contribution is -2.20. The second kappa shape index (κ2) is 7.69. The molecular formula is C12H20ClNO. The van der Waals surface area contributed by atoms with Crippen molar-refractivity contribution >= 4 is 12.4 Å². The maximum absolute atomic E-state index is 9.72. The van der Waals surface area contributed by atoms with Gasteiger partial charge in [-0.3, -0.25) is 0 Å². The Kier molecular flexibility index (Phi) is 7.39. The summed E-state index contributed by atoms with van der Waals surface area (Å²) >= 11 is 0.